The lowest BCUT2D eigenvalue weighted by Gasteiger charge is -2.37. The van der Waals surface area contributed by atoms with E-state index in [4.69, 9.17) is 4.74 Å². The Bertz CT molecular complexity index is 799. The van der Waals surface area contributed by atoms with Gasteiger partial charge in [0.1, 0.15) is 11.4 Å². The Labute approximate surface area is 162 Å². The molecule has 3 rings (SSSR count). The summed E-state index contributed by atoms with van der Waals surface area (Å²) in [5, 5.41) is 0. The summed E-state index contributed by atoms with van der Waals surface area (Å²) in [5.74, 6) is 0.296. The van der Waals surface area contributed by atoms with E-state index in [1.165, 1.54) is 0 Å². The standard InChI is InChI=1S/C21H31NO4S/c1-5-21(26-4,16-9-7-6-8-10-16)14-22-27(24,25)15-20-12-11-17(13-18(20)23)19(20,2)3/h6-10,17,22H,5,11-15H2,1-4H3/t17-,20-,21+/m1/s1. The maximum absolute atomic E-state index is 13.0. The van der Waals surface area contributed by atoms with Crippen LogP contribution in [0.1, 0.15) is 52.0 Å². The van der Waals surface area contributed by atoms with Gasteiger partial charge >= 0.3 is 0 Å². The molecule has 2 aliphatic carbocycles. The smallest absolute Gasteiger partial charge is 0.212 e. The van der Waals surface area contributed by atoms with Gasteiger partial charge in [-0.1, -0.05) is 51.1 Å². The second kappa shape index (κ2) is 6.98. The molecule has 150 valence electrons. The van der Waals surface area contributed by atoms with Crippen molar-refractivity contribution in [1.82, 2.24) is 4.72 Å². The molecule has 2 aliphatic rings. The minimum absolute atomic E-state index is 0.116. The normalized spacial score (nSPS) is 29.0. The molecule has 2 bridgehead atoms. The lowest BCUT2D eigenvalue weighted by atomic mass is 9.70. The fourth-order valence-corrected chi connectivity index (χ4v) is 7.10. The van der Waals surface area contributed by atoms with E-state index in [1.54, 1.807) is 7.11 Å². The molecular weight excluding hydrogens is 362 g/mol. The van der Waals surface area contributed by atoms with Gasteiger partial charge < -0.3 is 4.74 Å². The second-order valence-corrected chi connectivity index (χ2v) is 10.5. The number of hydrogen-bond donors (Lipinski definition) is 1. The van der Waals surface area contributed by atoms with Gasteiger partial charge in [0.2, 0.25) is 10.0 Å². The second-order valence-electron chi connectivity index (χ2n) is 8.66. The molecule has 6 heteroatoms. The summed E-state index contributed by atoms with van der Waals surface area (Å²) < 4.78 is 34.5. The quantitative estimate of drug-likeness (QED) is 0.736. The number of Topliss-reactive ketones (excluding diaryl/α,β-unsaturated/α-hetero) is 1. The predicted molar refractivity (Wildman–Crippen MR) is 106 cm³/mol. The third-order valence-electron chi connectivity index (χ3n) is 7.41. The molecule has 1 aromatic rings. The van der Waals surface area contributed by atoms with Gasteiger partial charge in [-0.3, -0.25) is 4.79 Å². The van der Waals surface area contributed by atoms with Gasteiger partial charge in [-0.15, -0.1) is 0 Å². The van der Waals surface area contributed by atoms with Gasteiger partial charge in [0.25, 0.3) is 0 Å². The number of nitrogens with one attached hydrogen (secondary N) is 1. The lowest BCUT2D eigenvalue weighted by molar-refractivity contribution is -0.128. The highest BCUT2D eigenvalue weighted by Crippen LogP contribution is 2.64. The Morgan fingerprint density at radius 1 is 1.26 bits per heavy atom. The Balaban J connectivity index is 1.80. The van der Waals surface area contributed by atoms with Crippen LogP contribution in [0.3, 0.4) is 0 Å². The average Bonchev–Trinajstić information content (AvgIpc) is 2.98. The van der Waals surface area contributed by atoms with E-state index < -0.39 is 21.0 Å². The average molecular weight is 394 g/mol. The molecule has 0 amide bonds. The van der Waals surface area contributed by atoms with Crippen molar-refractivity contribution in [2.45, 2.75) is 52.1 Å². The molecule has 5 nitrogen and oxygen atoms in total. The Hall–Kier alpha value is -1.24. The van der Waals surface area contributed by atoms with Crippen LogP contribution in [0.25, 0.3) is 0 Å². The van der Waals surface area contributed by atoms with Gasteiger partial charge in [-0.25, -0.2) is 13.1 Å². The predicted octanol–water partition coefficient (Wildman–Crippen LogP) is 3.25. The highest BCUT2D eigenvalue weighted by Gasteiger charge is 2.65. The zero-order valence-corrected chi connectivity index (χ0v) is 17.6. The van der Waals surface area contributed by atoms with Crippen LogP contribution in [0.4, 0.5) is 0 Å². The fourth-order valence-electron chi connectivity index (χ4n) is 5.22. The van der Waals surface area contributed by atoms with Crippen molar-refractivity contribution in [3.63, 3.8) is 0 Å². The van der Waals surface area contributed by atoms with Crippen molar-refractivity contribution in [2.24, 2.45) is 16.7 Å². The molecule has 0 saturated heterocycles. The first-order chi connectivity index (χ1) is 12.6. The molecule has 1 N–H and O–H groups in total. The Morgan fingerprint density at radius 2 is 1.93 bits per heavy atom. The summed E-state index contributed by atoms with van der Waals surface area (Å²) in [4.78, 5) is 12.7. The maximum Gasteiger partial charge on any atom is 0.212 e. The van der Waals surface area contributed by atoms with E-state index in [9.17, 15) is 13.2 Å². The van der Waals surface area contributed by atoms with E-state index >= 15 is 0 Å². The SMILES string of the molecule is CC[C@@](CNS(=O)(=O)C[C@]12CC[C@H](CC1=O)C2(C)C)(OC)c1ccccc1. The van der Waals surface area contributed by atoms with Gasteiger partial charge in [-0.2, -0.15) is 0 Å². The summed E-state index contributed by atoms with van der Waals surface area (Å²) >= 11 is 0. The molecule has 0 unspecified atom stereocenters. The van der Waals surface area contributed by atoms with Crippen molar-refractivity contribution in [2.75, 3.05) is 19.4 Å². The highest BCUT2D eigenvalue weighted by molar-refractivity contribution is 7.89. The first kappa shape index (κ1) is 20.5. The van der Waals surface area contributed by atoms with Crippen molar-refractivity contribution in [3.05, 3.63) is 35.9 Å². The van der Waals surface area contributed by atoms with Gasteiger partial charge in [0.05, 0.1) is 5.75 Å². The van der Waals surface area contributed by atoms with Crippen LogP contribution >= 0.6 is 0 Å². The number of carbonyl (C=O) groups is 1. The van der Waals surface area contributed by atoms with Crippen LogP contribution in [0.5, 0.6) is 0 Å². The number of carbonyl (C=O) groups excluding carboxylic acids is 1. The first-order valence-electron chi connectivity index (χ1n) is 9.74. The van der Waals surface area contributed by atoms with Crippen LogP contribution in [0, 0.1) is 16.7 Å². The molecular formula is C21H31NO4S. The summed E-state index contributed by atoms with van der Waals surface area (Å²) in [6, 6.07) is 9.67. The molecule has 2 fully saturated rings. The minimum atomic E-state index is -3.63. The first-order valence-corrected chi connectivity index (χ1v) is 11.4. The molecule has 0 spiro atoms. The van der Waals surface area contributed by atoms with Crippen LogP contribution in [-0.4, -0.2) is 33.6 Å². The van der Waals surface area contributed by atoms with E-state index in [0.29, 0.717) is 25.2 Å². The lowest BCUT2D eigenvalue weighted by Crippen LogP contribution is -2.48. The largest absolute Gasteiger partial charge is 0.372 e. The molecule has 0 radical (unpaired) electrons. The van der Waals surface area contributed by atoms with Crippen molar-refractivity contribution in [3.8, 4) is 0 Å². The van der Waals surface area contributed by atoms with Gasteiger partial charge in [0.15, 0.2) is 0 Å². The van der Waals surface area contributed by atoms with Crippen molar-refractivity contribution in [1.29, 1.82) is 0 Å². The zero-order chi connectivity index (χ0) is 19.9. The van der Waals surface area contributed by atoms with Crippen LogP contribution in [-0.2, 0) is 25.2 Å². The van der Waals surface area contributed by atoms with Gasteiger partial charge in [-0.05, 0) is 36.2 Å². The number of methoxy groups -OCH3 is 1. The molecule has 2 saturated carbocycles. The topological polar surface area (TPSA) is 72.5 Å². The van der Waals surface area contributed by atoms with Crippen LogP contribution < -0.4 is 4.72 Å². The number of hydrogen-bond acceptors (Lipinski definition) is 4. The van der Waals surface area contributed by atoms with Crippen molar-refractivity contribution >= 4 is 15.8 Å². The summed E-state index contributed by atoms with van der Waals surface area (Å²) in [7, 11) is -2.02. The van der Waals surface area contributed by atoms with Crippen molar-refractivity contribution < 1.29 is 17.9 Å². The summed E-state index contributed by atoms with van der Waals surface area (Å²) in [6.45, 7) is 6.25. The monoisotopic (exact) mass is 393 g/mol. The number of ether oxygens (including phenoxy) is 1. The highest BCUT2D eigenvalue weighted by atomic mass is 32.2. The van der Waals surface area contributed by atoms with E-state index in [1.807, 2.05) is 37.3 Å². The summed E-state index contributed by atoms with van der Waals surface area (Å²) in [5.41, 5.74) is -0.798. The minimum Gasteiger partial charge on any atom is -0.372 e. The molecule has 0 aliphatic heterocycles. The third kappa shape index (κ3) is 3.26. The number of fused-ring (bicyclic) bond motifs is 2. The molecule has 3 atom stereocenters. The number of sulfonamides is 1. The third-order valence-corrected chi connectivity index (χ3v) is 8.87. The molecule has 27 heavy (non-hydrogen) atoms. The number of rotatable bonds is 8. The summed E-state index contributed by atoms with van der Waals surface area (Å²) in [6.07, 6.45) is 2.76. The Morgan fingerprint density at radius 3 is 2.41 bits per heavy atom. The van der Waals surface area contributed by atoms with Gasteiger partial charge in [0, 0.05) is 25.5 Å². The number of ketones is 1. The molecule has 0 aromatic heterocycles. The Kier molecular flexibility index (Phi) is 5.30. The number of benzene rings is 1. The van der Waals surface area contributed by atoms with E-state index in [2.05, 4.69) is 18.6 Å². The fraction of sp³-hybridized carbons (Fsp3) is 0.667. The van der Waals surface area contributed by atoms with E-state index in [-0.39, 0.29) is 23.5 Å². The zero-order valence-electron chi connectivity index (χ0n) is 16.7. The van der Waals surface area contributed by atoms with Crippen LogP contribution in [0.2, 0.25) is 0 Å². The van der Waals surface area contributed by atoms with E-state index in [0.717, 1.165) is 12.0 Å². The molecule has 0 heterocycles. The van der Waals surface area contributed by atoms with Crippen LogP contribution in [0.15, 0.2) is 30.3 Å². The molecule has 1 aromatic carbocycles. The maximum atomic E-state index is 13.0.